The van der Waals surface area contributed by atoms with Gasteiger partial charge in [-0.15, -0.1) is 0 Å². The van der Waals surface area contributed by atoms with Crippen LogP contribution >= 0.6 is 0 Å². The van der Waals surface area contributed by atoms with Gasteiger partial charge < -0.3 is 10.6 Å². The number of hydrogen-bond donors (Lipinski definition) is 1. The van der Waals surface area contributed by atoms with Gasteiger partial charge in [0, 0.05) is 18.0 Å². The molecule has 176 valence electrons. The standard InChI is InChI=1S/C24H23F5N2O2/c1-22(26,24(27,28)29)16-5-8-18-15(12-16)4-9-19-23(18,10-11-31(19)21(33)20(30)32)13-14-2-6-17(25)7-3-14/h2-3,5-8,12,19H,4,9-11,13H2,1H3,(H2,30,32)/t19-,22?,23-/m1/s1. The van der Waals surface area contributed by atoms with Crippen LogP contribution in [0.5, 0.6) is 0 Å². The molecule has 1 aliphatic heterocycles. The third-order valence-electron chi connectivity index (χ3n) is 7.12. The summed E-state index contributed by atoms with van der Waals surface area (Å²) in [5.41, 5.74) is 2.59. The summed E-state index contributed by atoms with van der Waals surface area (Å²) in [4.78, 5) is 25.5. The van der Waals surface area contributed by atoms with E-state index in [1.807, 2.05) is 0 Å². The zero-order chi connectivity index (χ0) is 24.2. The number of hydrogen-bond acceptors (Lipinski definition) is 2. The summed E-state index contributed by atoms with van der Waals surface area (Å²) in [5.74, 6) is -2.30. The maximum Gasteiger partial charge on any atom is 0.426 e. The Bertz CT molecular complexity index is 1100. The highest BCUT2D eigenvalue weighted by Crippen LogP contribution is 2.51. The Labute approximate surface area is 187 Å². The molecular formula is C24H23F5N2O2. The lowest BCUT2D eigenvalue weighted by molar-refractivity contribution is -0.228. The molecule has 1 saturated heterocycles. The Hall–Kier alpha value is -2.97. The normalized spacial score (nSPS) is 24.1. The average molecular weight is 466 g/mol. The molecular weight excluding hydrogens is 443 g/mol. The number of likely N-dealkylation sites (tertiary alicyclic amines) is 1. The van der Waals surface area contributed by atoms with Gasteiger partial charge in [0.25, 0.3) is 0 Å². The summed E-state index contributed by atoms with van der Waals surface area (Å²) >= 11 is 0. The number of alkyl halides is 4. The quantitative estimate of drug-likeness (QED) is 0.547. The van der Waals surface area contributed by atoms with Crippen molar-refractivity contribution in [3.05, 3.63) is 70.5 Å². The third kappa shape index (κ3) is 3.77. The summed E-state index contributed by atoms with van der Waals surface area (Å²) in [6.45, 7) is 0.746. The van der Waals surface area contributed by atoms with Crippen molar-refractivity contribution in [2.24, 2.45) is 5.73 Å². The fourth-order valence-corrected chi connectivity index (χ4v) is 5.37. The number of carbonyl (C=O) groups is 2. The zero-order valence-corrected chi connectivity index (χ0v) is 17.9. The van der Waals surface area contributed by atoms with Crippen molar-refractivity contribution in [1.82, 2.24) is 4.90 Å². The molecule has 4 rings (SSSR count). The second-order valence-corrected chi connectivity index (χ2v) is 9.00. The summed E-state index contributed by atoms with van der Waals surface area (Å²) in [6, 6.07) is 9.33. The largest absolute Gasteiger partial charge is 0.426 e. The van der Waals surface area contributed by atoms with E-state index in [0.29, 0.717) is 43.7 Å². The molecule has 0 bridgehead atoms. The van der Waals surface area contributed by atoms with Crippen molar-refractivity contribution in [3.8, 4) is 0 Å². The molecule has 1 aliphatic carbocycles. The number of primary amides is 1. The Morgan fingerprint density at radius 1 is 1.12 bits per heavy atom. The van der Waals surface area contributed by atoms with E-state index in [1.54, 1.807) is 12.1 Å². The minimum Gasteiger partial charge on any atom is -0.361 e. The highest BCUT2D eigenvalue weighted by atomic mass is 19.4. The first kappa shape index (κ1) is 23.2. The number of rotatable bonds is 3. The molecule has 2 aromatic rings. The monoisotopic (exact) mass is 466 g/mol. The molecule has 9 heteroatoms. The molecule has 2 amide bonds. The van der Waals surface area contributed by atoms with Gasteiger partial charge in [-0.05, 0) is 67.0 Å². The third-order valence-corrected chi connectivity index (χ3v) is 7.12. The molecule has 2 aliphatic rings. The molecule has 0 spiro atoms. The number of benzene rings is 2. The number of nitrogens with two attached hydrogens (primary N) is 1. The number of halogens is 5. The van der Waals surface area contributed by atoms with Crippen molar-refractivity contribution in [3.63, 3.8) is 0 Å². The van der Waals surface area contributed by atoms with Crippen LogP contribution in [0, 0.1) is 5.82 Å². The van der Waals surface area contributed by atoms with E-state index in [1.165, 1.54) is 29.2 Å². The van der Waals surface area contributed by atoms with Crippen molar-refractivity contribution in [1.29, 1.82) is 0 Å². The van der Waals surface area contributed by atoms with Gasteiger partial charge in [-0.25, -0.2) is 8.78 Å². The van der Waals surface area contributed by atoms with E-state index < -0.39 is 46.5 Å². The minimum absolute atomic E-state index is 0.248. The van der Waals surface area contributed by atoms with Crippen LogP contribution in [0.4, 0.5) is 22.0 Å². The van der Waals surface area contributed by atoms with E-state index in [0.717, 1.165) is 11.6 Å². The van der Waals surface area contributed by atoms with Crippen molar-refractivity contribution >= 4 is 11.8 Å². The van der Waals surface area contributed by atoms with Gasteiger partial charge in [-0.3, -0.25) is 9.59 Å². The molecule has 1 heterocycles. The molecule has 2 aromatic carbocycles. The van der Waals surface area contributed by atoms with Crippen LogP contribution in [0.3, 0.4) is 0 Å². The minimum atomic E-state index is -5.07. The van der Waals surface area contributed by atoms with E-state index in [-0.39, 0.29) is 6.54 Å². The molecule has 0 aromatic heterocycles. The van der Waals surface area contributed by atoms with Gasteiger partial charge in [0.2, 0.25) is 5.67 Å². The second kappa shape index (κ2) is 7.81. The molecule has 1 unspecified atom stereocenters. The molecule has 33 heavy (non-hydrogen) atoms. The van der Waals surface area contributed by atoms with Gasteiger partial charge in [-0.2, -0.15) is 13.2 Å². The van der Waals surface area contributed by atoms with Crippen LogP contribution in [0.2, 0.25) is 0 Å². The fourth-order valence-electron chi connectivity index (χ4n) is 5.37. The molecule has 0 saturated carbocycles. The number of aryl methyl sites for hydroxylation is 1. The van der Waals surface area contributed by atoms with Crippen molar-refractivity contribution in [2.45, 2.75) is 55.9 Å². The summed E-state index contributed by atoms with van der Waals surface area (Å²) < 4.78 is 67.9. The Balaban J connectivity index is 1.81. The summed E-state index contributed by atoms with van der Waals surface area (Å²) in [7, 11) is 0. The lowest BCUT2D eigenvalue weighted by Crippen LogP contribution is -2.51. The maximum atomic E-state index is 14.6. The van der Waals surface area contributed by atoms with Crippen LogP contribution in [-0.2, 0) is 33.5 Å². The van der Waals surface area contributed by atoms with Gasteiger partial charge in [0.05, 0.1) is 0 Å². The SMILES string of the molecule is CC(F)(c1ccc2c(c1)CC[C@H]1N(C(=O)C(N)=O)CC[C@@]21Cc1ccc(F)cc1)C(F)(F)F. The maximum absolute atomic E-state index is 14.6. The van der Waals surface area contributed by atoms with Gasteiger partial charge in [0.1, 0.15) is 5.82 Å². The van der Waals surface area contributed by atoms with Crippen LogP contribution in [0.1, 0.15) is 42.0 Å². The van der Waals surface area contributed by atoms with E-state index in [2.05, 4.69) is 0 Å². The molecule has 2 N–H and O–H groups in total. The lowest BCUT2D eigenvalue weighted by Gasteiger charge is -2.44. The van der Waals surface area contributed by atoms with Crippen LogP contribution in [0.15, 0.2) is 42.5 Å². The number of amides is 2. The summed E-state index contributed by atoms with van der Waals surface area (Å²) in [6.07, 6.45) is -3.56. The number of fused-ring (bicyclic) bond motifs is 3. The Kier molecular flexibility index (Phi) is 5.49. The number of carbonyl (C=O) groups excluding carboxylic acids is 2. The highest BCUT2D eigenvalue weighted by Gasteiger charge is 2.56. The molecule has 1 fully saturated rings. The van der Waals surface area contributed by atoms with Crippen LogP contribution < -0.4 is 5.73 Å². The zero-order valence-electron chi connectivity index (χ0n) is 17.9. The van der Waals surface area contributed by atoms with Crippen molar-refractivity contribution < 1.29 is 31.5 Å². The first-order valence-electron chi connectivity index (χ1n) is 10.6. The van der Waals surface area contributed by atoms with Crippen LogP contribution in [-0.4, -0.2) is 35.5 Å². The first-order chi connectivity index (χ1) is 15.4. The predicted molar refractivity (Wildman–Crippen MR) is 110 cm³/mol. The number of nitrogens with zero attached hydrogens (tertiary/aromatic N) is 1. The van der Waals surface area contributed by atoms with E-state index in [4.69, 9.17) is 5.73 Å². The lowest BCUT2D eigenvalue weighted by atomic mass is 9.63. The topological polar surface area (TPSA) is 63.4 Å². The van der Waals surface area contributed by atoms with Crippen molar-refractivity contribution in [2.75, 3.05) is 6.54 Å². The average Bonchev–Trinajstić information content (AvgIpc) is 3.12. The van der Waals surface area contributed by atoms with Gasteiger partial charge >= 0.3 is 18.0 Å². The van der Waals surface area contributed by atoms with E-state index >= 15 is 0 Å². The Morgan fingerprint density at radius 2 is 1.79 bits per heavy atom. The fraction of sp³-hybridized carbons (Fsp3) is 0.417. The van der Waals surface area contributed by atoms with E-state index in [9.17, 15) is 31.5 Å². The smallest absolute Gasteiger partial charge is 0.361 e. The molecule has 3 atom stereocenters. The molecule has 0 radical (unpaired) electrons. The van der Waals surface area contributed by atoms with Gasteiger partial charge in [0.15, 0.2) is 0 Å². The summed E-state index contributed by atoms with van der Waals surface area (Å²) in [5, 5.41) is 0. The highest BCUT2D eigenvalue weighted by molar-refractivity contribution is 6.34. The molecule has 4 nitrogen and oxygen atoms in total. The second-order valence-electron chi connectivity index (χ2n) is 9.00. The van der Waals surface area contributed by atoms with Crippen LogP contribution in [0.25, 0.3) is 0 Å². The first-order valence-corrected chi connectivity index (χ1v) is 10.6. The Morgan fingerprint density at radius 3 is 2.39 bits per heavy atom. The van der Waals surface area contributed by atoms with Gasteiger partial charge in [-0.1, -0.05) is 30.3 Å². The predicted octanol–water partition coefficient (Wildman–Crippen LogP) is 4.09.